The molecule has 0 heterocycles. The Kier molecular flexibility index (Phi) is 4.62. The van der Waals surface area contributed by atoms with E-state index in [0.29, 0.717) is 5.69 Å². The van der Waals surface area contributed by atoms with Crippen molar-refractivity contribution in [1.29, 1.82) is 0 Å². The Morgan fingerprint density at radius 1 is 1.05 bits per heavy atom. The van der Waals surface area contributed by atoms with Gasteiger partial charge in [0.05, 0.1) is 4.90 Å². The van der Waals surface area contributed by atoms with Crippen LogP contribution >= 0.6 is 0 Å². The molecule has 0 spiro atoms. The number of aryl methyl sites for hydroxylation is 1. The molecule has 0 fully saturated rings. The molecular formula is C15H19N3O2S. The minimum absolute atomic E-state index is 0.210. The second kappa shape index (κ2) is 6.26. The number of anilines is 1. The van der Waals surface area contributed by atoms with E-state index in [0.717, 1.165) is 11.1 Å². The van der Waals surface area contributed by atoms with Crippen LogP contribution in [0.25, 0.3) is 0 Å². The van der Waals surface area contributed by atoms with Crippen molar-refractivity contribution in [3.05, 3.63) is 59.7 Å². The highest BCUT2D eigenvalue weighted by Crippen LogP contribution is 2.20. The topological polar surface area (TPSA) is 84.2 Å². The van der Waals surface area contributed by atoms with Gasteiger partial charge in [0.25, 0.3) is 0 Å². The lowest BCUT2D eigenvalue weighted by atomic mass is 10.0. The monoisotopic (exact) mass is 305 g/mol. The van der Waals surface area contributed by atoms with E-state index in [9.17, 15) is 8.42 Å². The van der Waals surface area contributed by atoms with Gasteiger partial charge < -0.3 is 5.43 Å². The van der Waals surface area contributed by atoms with Crippen molar-refractivity contribution in [1.82, 2.24) is 4.72 Å². The van der Waals surface area contributed by atoms with E-state index in [2.05, 4.69) is 10.1 Å². The molecule has 0 saturated carbocycles. The van der Waals surface area contributed by atoms with Crippen molar-refractivity contribution in [2.45, 2.75) is 24.8 Å². The van der Waals surface area contributed by atoms with E-state index >= 15 is 0 Å². The molecule has 112 valence electrons. The Morgan fingerprint density at radius 3 is 2.24 bits per heavy atom. The first-order valence-corrected chi connectivity index (χ1v) is 8.07. The van der Waals surface area contributed by atoms with Gasteiger partial charge in [-0.15, -0.1) is 0 Å². The molecule has 0 aromatic heterocycles. The van der Waals surface area contributed by atoms with Crippen LogP contribution in [0, 0.1) is 6.92 Å². The summed E-state index contributed by atoms with van der Waals surface area (Å²) in [5.74, 6) is 5.27. The fourth-order valence-corrected chi connectivity index (χ4v) is 3.39. The summed E-state index contributed by atoms with van der Waals surface area (Å²) in [5.41, 5.74) is 5.13. The summed E-state index contributed by atoms with van der Waals surface area (Å²) in [4.78, 5) is 0.210. The van der Waals surface area contributed by atoms with Crippen LogP contribution < -0.4 is 16.0 Å². The lowest BCUT2D eigenvalue weighted by Crippen LogP contribution is -2.27. The van der Waals surface area contributed by atoms with Crippen molar-refractivity contribution in [3.63, 3.8) is 0 Å². The molecule has 2 aromatic rings. The van der Waals surface area contributed by atoms with Gasteiger partial charge >= 0.3 is 0 Å². The molecule has 0 radical (unpaired) electrons. The molecule has 0 aliphatic heterocycles. The summed E-state index contributed by atoms with van der Waals surface area (Å²) in [6.07, 6.45) is 0. The SMILES string of the molecule is Cc1ccccc1C(C)NS(=O)(=O)c1ccc(NN)cc1. The number of rotatable bonds is 5. The second-order valence-electron chi connectivity index (χ2n) is 4.87. The van der Waals surface area contributed by atoms with Gasteiger partial charge in [-0.2, -0.15) is 0 Å². The van der Waals surface area contributed by atoms with E-state index in [4.69, 9.17) is 5.84 Å². The average molecular weight is 305 g/mol. The average Bonchev–Trinajstić information content (AvgIpc) is 2.47. The number of hydrazine groups is 1. The lowest BCUT2D eigenvalue weighted by molar-refractivity contribution is 0.566. The zero-order valence-electron chi connectivity index (χ0n) is 12.0. The second-order valence-corrected chi connectivity index (χ2v) is 6.58. The maximum atomic E-state index is 12.4. The fourth-order valence-electron chi connectivity index (χ4n) is 2.17. The predicted molar refractivity (Wildman–Crippen MR) is 84.2 cm³/mol. The number of hydrogen-bond acceptors (Lipinski definition) is 4. The Bertz CT molecular complexity index is 712. The summed E-state index contributed by atoms with van der Waals surface area (Å²) in [6.45, 7) is 3.79. The Hall–Kier alpha value is -1.89. The van der Waals surface area contributed by atoms with E-state index in [1.165, 1.54) is 12.1 Å². The van der Waals surface area contributed by atoms with Gasteiger partial charge in [0.15, 0.2) is 0 Å². The molecule has 2 aromatic carbocycles. The molecule has 1 atom stereocenters. The quantitative estimate of drug-likeness (QED) is 0.584. The molecule has 21 heavy (non-hydrogen) atoms. The van der Waals surface area contributed by atoms with Gasteiger partial charge in [-0.25, -0.2) is 13.1 Å². The first kappa shape index (κ1) is 15.5. The molecular weight excluding hydrogens is 286 g/mol. The van der Waals surface area contributed by atoms with Crippen LogP contribution in [0.3, 0.4) is 0 Å². The third-order valence-electron chi connectivity index (χ3n) is 3.32. The lowest BCUT2D eigenvalue weighted by Gasteiger charge is -2.17. The highest BCUT2D eigenvalue weighted by atomic mass is 32.2. The normalized spacial score (nSPS) is 12.9. The molecule has 0 bridgehead atoms. The van der Waals surface area contributed by atoms with Crippen LogP contribution in [-0.2, 0) is 10.0 Å². The van der Waals surface area contributed by atoms with E-state index in [-0.39, 0.29) is 10.9 Å². The van der Waals surface area contributed by atoms with Crippen molar-refractivity contribution in [2.75, 3.05) is 5.43 Å². The van der Waals surface area contributed by atoms with Crippen molar-refractivity contribution >= 4 is 15.7 Å². The number of sulfonamides is 1. The Labute approximate surface area is 125 Å². The van der Waals surface area contributed by atoms with Crippen molar-refractivity contribution in [2.24, 2.45) is 5.84 Å². The predicted octanol–water partition coefficient (Wildman–Crippen LogP) is 2.32. The molecule has 0 aliphatic carbocycles. The maximum absolute atomic E-state index is 12.4. The molecule has 6 heteroatoms. The minimum Gasteiger partial charge on any atom is -0.324 e. The molecule has 4 N–H and O–H groups in total. The van der Waals surface area contributed by atoms with Crippen LogP contribution in [0.4, 0.5) is 5.69 Å². The third kappa shape index (κ3) is 3.60. The number of nitrogen functional groups attached to an aromatic ring is 1. The van der Waals surface area contributed by atoms with Crippen LogP contribution in [0.1, 0.15) is 24.1 Å². The molecule has 0 saturated heterocycles. The van der Waals surface area contributed by atoms with Crippen LogP contribution in [0.2, 0.25) is 0 Å². The van der Waals surface area contributed by atoms with E-state index < -0.39 is 10.0 Å². The number of nitrogens with one attached hydrogen (secondary N) is 2. The molecule has 2 rings (SSSR count). The third-order valence-corrected chi connectivity index (χ3v) is 4.87. The van der Waals surface area contributed by atoms with Gasteiger partial charge in [0.2, 0.25) is 10.0 Å². The first-order valence-electron chi connectivity index (χ1n) is 6.58. The zero-order chi connectivity index (χ0) is 15.5. The number of benzene rings is 2. The Balaban J connectivity index is 2.22. The highest BCUT2D eigenvalue weighted by Gasteiger charge is 2.19. The van der Waals surface area contributed by atoms with Gasteiger partial charge in [-0.05, 0) is 49.2 Å². The van der Waals surface area contributed by atoms with Gasteiger partial charge in [0.1, 0.15) is 0 Å². The molecule has 1 unspecified atom stereocenters. The molecule has 5 nitrogen and oxygen atoms in total. The summed E-state index contributed by atoms with van der Waals surface area (Å²) in [6, 6.07) is 13.7. The van der Waals surface area contributed by atoms with Crippen LogP contribution in [-0.4, -0.2) is 8.42 Å². The minimum atomic E-state index is -3.57. The summed E-state index contributed by atoms with van der Waals surface area (Å²) < 4.78 is 27.4. The molecule has 0 aliphatic rings. The Morgan fingerprint density at radius 2 is 1.67 bits per heavy atom. The maximum Gasteiger partial charge on any atom is 0.241 e. The molecule has 0 amide bonds. The number of hydrogen-bond donors (Lipinski definition) is 3. The van der Waals surface area contributed by atoms with Crippen molar-refractivity contribution < 1.29 is 8.42 Å². The van der Waals surface area contributed by atoms with Crippen LogP contribution in [0.5, 0.6) is 0 Å². The van der Waals surface area contributed by atoms with Gasteiger partial charge in [-0.1, -0.05) is 24.3 Å². The largest absolute Gasteiger partial charge is 0.324 e. The smallest absolute Gasteiger partial charge is 0.241 e. The van der Waals surface area contributed by atoms with Gasteiger partial charge in [0, 0.05) is 11.7 Å². The summed E-state index contributed by atoms with van der Waals surface area (Å²) >= 11 is 0. The summed E-state index contributed by atoms with van der Waals surface area (Å²) in [7, 11) is -3.57. The van der Waals surface area contributed by atoms with Crippen molar-refractivity contribution in [3.8, 4) is 0 Å². The van der Waals surface area contributed by atoms with E-state index in [1.54, 1.807) is 12.1 Å². The summed E-state index contributed by atoms with van der Waals surface area (Å²) in [5, 5.41) is 0. The fraction of sp³-hybridized carbons (Fsp3) is 0.200. The first-order chi connectivity index (χ1) is 9.94. The number of nitrogens with two attached hydrogens (primary N) is 1. The standard InChI is InChI=1S/C15H19N3O2S/c1-11-5-3-4-6-15(11)12(2)18-21(19,20)14-9-7-13(17-16)8-10-14/h3-10,12,17-18H,16H2,1-2H3. The van der Waals surface area contributed by atoms with Crippen LogP contribution in [0.15, 0.2) is 53.4 Å². The highest BCUT2D eigenvalue weighted by molar-refractivity contribution is 7.89. The zero-order valence-corrected chi connectivity index (χ0v) is 12.8. The van der Waals surface area contributed by atoms with E-state index in [1.807, 2.05) is 38.1 Å². The van der Waals surface area contributed by atoms with Gasteiger partial charge in [-0.3, -0.25) is 5.84 Å².